The molecule has 0 amide bonds. The second-order valence-corrected chi connectivity index (χ2v) is 5.07. The lowest BCUT2D eigenvalue weighted by Crippen LogP contribution is -2.36. The van der Waals surface area contributed by atoms with Crippen LogP contribution >= 0.6 is 22.6 Å². The van der Waals surface area contributed by atoms with E-state index in [1.165, 1.54) is 6.20 Å². The summed E-state index contributed by atoms with van der Waals surface area (Å²) < 4.78 is 8.71. The van der Waals surface area contributed by atoms with E-state index in [4.69, 9.17) is 4.74 Å². The van der Waals surface area contributed by atoms with Gasteiger partial charge in [-0.2, -0.15) is 4.57 Å². The molecule has 19 heavy (non-hydrogen) atoms. The Bertz CT molecular complexity index is 540. The molecule has 5 nitrogen and oxygen atoms in total. The first kappa shape index (κ1) is 13.9. The van der Waals surface area contributed by atoms with Crippen LogP contribution in [0.1, 0.15) is 0 Å². The molecule has 0 N–H and O–H groups in total. The smallest absolute Gasteiger partial charge is 0.254 e. The first-order chi connectivity index (χ1) is 9.29. The van der Waals surface area contributed by atoms with Crippen molar-refractivity contribution in [1.82, 2.24) is 4.90 Å². The summed E-state index contributed by atoms with van der Waals surface area (Å²) in [4.78, 5) is 12.1. The monoisotopic (exact) mass is 370 g/mol. The number of rotatable bonds is 5. The fourth-order valence-electron chi connectivity index (χ4n) is 1.59. The highest BCUT2D eigenvalue weighted by atomic mass is 127. The number of pyridine rings is 1. The quantitative estimate of drug-likeness (QED) is 0.455. The SMILES string of the molecule is O=N/C=C1\C=CC=CN1COC[n+]1cccc(I)c1. The molecule has 98 valence electrons. The number of allylic oxidation sites excluding steroid dienone is 3. The van der Waals surface area contributed by atoms with Gasteiger partial charge >= 0.3 is 0 Å². The molecule has 0 spiro atoms. The molecule has 0 atom stereocenters. The molecule has 0 fully saturated rings. The Hall–Kier alpha value is -1.54. The van der Waals surface area contributed by atoms with Crippen LogP contribution in [0.2, 0.25) is 0 Å². The third kappa shape index (κ3) is 4.25. The van der Waals surface area contributed by atoms with E-state index >= 15 is 0 Å². The van der Waals surface area contributed by atoms with Crippen LogP contribution < -0.4 is 4.57 Å². The molecule has 0 bridgehead atoms. The Morgan fingerprint density at radius 3 is 3.16 bits per heavy atom. The van der Waals surface area contributed by atoms with Crippen LogP contribution in [-0.4, -0.2) is 11.6 Å². The summed E-state index contributed by atoms with van der Waals surface area (Å²) in [5.41, 5.74) is 0.713. The molecule has 2 rings (SSSR count). The molecule has 1 aromatic heterocycles. The van der Waals surface area contributed by atoms with Crippen LogP contribution in [0, 0.1) is 8.48 Å². The number of aromatic nitrogens is 1. The second-order valence-electron chi connectivity index (χ2n) is 3.83. The van der Waals surface area contributed by atoms with E-state index in [1.54, 1.807) is 0 Å². The number of nitrogens with zero attached hydrogens (tertiary/aromatic N) is 3. The average Bonchev–Trinajstić information content (AvgIpc) is 2.41. The maximum Gasteiger partial charge on any atom is 0.254 e. The van der Waals surface area contributed by atoms with Crippen molar-refractivity contribution >= 4 is 22.6 Å². The number of ether oxygens (including phenoxy) is 1. The standard InChI is InChI=1S/C13H13IN3O2/c14-12-4-3-6-16(9-12)10-19-11-17-7-2-1-5-13(17)8-15-18/h1-9H,10-11H2/q+1/b13-8+. The minimum Gasteiger partial charge on any atom is -0.323 e. The average molecular weight is 370 g/mol. The lowest BCUT2D eigenvalue weighted by molar-refractivity contribution is -0.734. The minimum absolute atomic E-state index is 0.362. The molecule has 0 aliphatic carbocycles. The zero-order valence-corrected chi connectivity index (χ0v) is 12.3. The molecule has 2 heterocycles. The van der Waals surface area contributed by atoms with Crippen LogP contribution in [-0.2, 0) is 11.5 Å². The van der Waals surface area contributed by atoms with Gasteiger partial charge in [0.05, 0.1) is 15.5 Å². The van der Waals surface area contributed by atoms with Crippen LogP contribution in [0.15, 0.2) is 66.0 Å². The predicted molar refractivity (Wildman–Crippen MR) is 79.3 cm³/mol. The van der Waals surface area contributed by atoms with Crippen molar-refractivity contribution in [1.29, 1.82) is 0 Å². The molecular formula is C13H13IN3O2+. The summed E-state index contributed by atoms with van der Waals surface area (Å²) >= 11 is 2.25. The van der Waals surface area contributed by atoms with Gasteiger partial charge in [-0.05, 0) is 46.0 Å². The van der Waals surface area contributed by atoms with E-state index < -0.39 is 0 Å². The van der Waals surface area contributed by atoms with Gasteiger partial charge in [0, 0.05) is 12.3 Å². The molecule has 0 unspecified atom stereocenters. The van der Waals surface area contributed by atoms with Gasteiger partial charge in [0.15, 0.2) is 12.4 Å². The maximum absolute atomic E-state index is 10.3. The first-order valence-electron chi connectivity index (χ1n) is 5.66. The molecule has 1 aliphatic heterocycles. The van der Waals surface area contributed by atoms with Gasteiger partial charge in [0.2, 0.25) is 0 Å². The van der Waals surface area contributed by atoms with Gasteiger partial charge in [-0.3, -0.25) is 0 Å². The Kier molecular flexibility index (Phi) is 5.22. The molecule has 0 aromatic carbocycles. The van der Waals surface area contributed by atoms with Crippen molar-refractivity contribution in [3.05, 3.63) is 69.3 Å². The van der Waals surface area contributed by atoms with Crippen LogP contribution in [0.5, 0.6) is 0 Å². The van der Waals surface area contributed by atoms with Gasteiger partial charge in [-0.25, -0.2) is 0 Å². The van der Waals surface area contributed by atoms with Crippen molar-refractivity contribution in [2.75, 3.05) is 6.73 Å². The van der Waals surface area contributed by atoms with E-state index in [2.05, 4.69) is 27.8 Å². The highest BCUT2D eigenvalue weighted by Crippen LogP contribution is 2.12. The third-order valence-corrected chi connectivity index (χ3v) is 3.09. The highest BCUT2D eigenvalue weighted by molar-refractivity contribution is 14.1. The fourth-order valence-corrected chi connectivity index (χ4v) is 2.16. The second kappa shape index (κ2) is 7.15. The first-order valence-corrected chi connectivity index (χ1v) is 6.74. The van der Waals surface area contributed by atoms with E-state index in [-0.39, 0.29) is 0 Å². The fraction of sp³-hybridized carbons (Fsp3) is 0.154. The van der Waals surface area contributed by atoms with Gasteiger partial charge in [-0.1, -0.05) is 6.08 Å². The van der Waals surface area contributed by atoms with Crippen molar-refractivity contribution < 1.29 is 9.30 Å². The molecule has 0 radical (unpaired) electrons. The summed E-state index contributed by atoms with van der Waals surface area (Å²) in [6.07, 6.45) is 12.6. The topological polar surface area (TPSA) is 45.8 Å². The zero-order valence-electron chi connectivity index (χ0n) is 10.1. The van der Waals surface area contributed by atoms with Crippen LogP contribution in [0.4, 0.5) is 0 Å². The molecule has 0 saturated heterocycles. The number of nitroso groups, excluding NO2 is 1. The highest BCUT2D eigenvalue weighted by Gasteiger charge is 2.08. The molecule has 6 heteroatoms. The Morgan fingerprint density at radius 2 is 2.37 bits per heavy atom. The zero-order chi connectivity index (χ0) is 13.5. The minimum atomic E-state index is 0.362. The number of hydrogen-bond donors (Lipinski definition) is 0. The summed E-state index contributed by atoms with van der Waals surface area (Å²) in [5, 5.41) is 2.79. The lowest BCUT2D eigenvalue weighted by atomic mass is 10.3. The van der Waals surface area contributed by atoms with E-state index in [9.17, 15) is 4.91 Å². The largest absolute Gasteiger partial charge is 0.323 e. The Labute approximate surface area is 125 Å². The predicted octanol–water partition coefficient (Wildman–Crippen LogP) is 2.50. The van der Waals surface area contributed by atoms with E-state index in [1.807, 2.05) is 58.4 Å². The van der Waals surface area contributed by atoms with Gasteiger partial charge in [0.25, 0.3) is 6.73 Å². The van der Waals surface area contributed by atoms with Crippen LogP contribution in [0.25, 0.3) is 0 Å². The van der Waals surface area contributed by atoms with E-state index in [0.717, 1.165) is 3.57 Å². The van der Waals surface area contributed by atoms with Gasteiger partial charge < -0.3 is 9.64 Å². The van der Waals surface area contributed by atoms with Crippen molar-refractivity contribution in [3.8, 4) is 0 Å². The maximum atomic E-state index is 10.3. The third-order valence-electron chi connectivity index (χ3n) is 2.45. The van der Waals surface area contributed by atoms with Crippen molar-refractivity contribution in [2.45, 2.75) is 6.73 Å². The van der Waals surface area contributed by atoms with Gasteiger partial charge in [0.1, 0.15) is 6.73 Å². The summed E-state index contributed by atoms with van der Waals surface area (Å²) in [6, 6.07) is 3.99. The number of hydrogen-bond acceptors (Lipinski definition) is 4. The van der Waals surface area contributed by atoms with Crippen molar-refractivity contribution in [2.24, 2.45) is 5.18 Å². The molecular weight excluding hydrogens is 357 g/mol. The van der Waals surface area contributed by atoms with Crippen molar-refractivity contribution in [3.63, 3.8) is 0 Å². The summed E-state index contributed by atoms with van der Waals surface area (Å²) in [5.74, 6) is 0. The van der Waals surface area contributed by atoms with Crippen LogP contribution in [0.3, 0.4) is 0 Å². The Morgan fingerprint density at radius 1 is 1.47 bits per heavy atom. The molecule has 0 saturated carbocycles. The normalized spacial score (nSPS) is 16.1. The molecule has 1 aromatic rings. The lowest BCUT2D eigenvalue weighted by Gasteiger charge is -2.21. The summed E-state index contributed by atoms with van der Waals surface area (Å²) in [6.45, 7) is 0.813. The summed E-state index contributed by atoms with van der Waals surface area (Å²) in [7, 11) is 0. The Balaban J connectivity index is 1.88. The number of halogens is 1. The molecule has 1 aliphatic rings. The van der Waals surface area contributed by atoms with Gasteiger partial charge in [-0.15, -0.1) is 4.91 Å². The van der Waals surface area contributed by atoms with E-state index in [0.29, 0.717) is 19.2 Å².